The first kappa shape index (κ1) is 8.65. The molecule has 1 amide bonds. The number of rotatable bonds is 0. The van der Waals surface area contributed by atoms with Gasteiger partial charge in [0.25, 0.3) is 5.91 Å². The molecule has 0 bridgehead atoms. The molecule has 1 aromatic rings. The van der Waals surface area contributed by atoms with Gasteiger partial charge in [-0.3, -0.25) is 4.79 Å². The topological polar surface area (TPSA) is 20.3 Å². The van der Waals surface area contributed by atoms with Gasteiger partial charge in [0.15, 0.2) is 0 Å². The maximum atomic E-state index is 13.0. The van der Waals surface area contributed by atoms with Gasteiger partial charge in [0.05, 0.1) is 0 Å². The van der Waals surface area contributed by atoms with Gasteiger partial charge in [-0.15, -0.1) is 0 Å². The smallest absolute Gasteiger partial charge is 0.253 e. The molecule has 0 aromatic heterocycles. The van der Waals surface area contributed by atoms with Gasteiger partial charge in [0.2, 0.25) is 0 Å². The van der Waals surface area contributed by atoms with E-state index in [1.54, 1.807) is 11.0 Å². The highest BCUT2D eigenvalue weighted by Gasteiger charge is 2.40. The number of benzene rings is 1. The highest BCUT2D eigenvalue weighted by molar-refractivity contribution is 6.09. The first-order valence-corrected chi connectivity index (χ1v) is 4.96. The monoisotopic (exact) mass is 203 g/mol. The normalized spacial score (nSPS) is 23.3. The molecule has 0 aliphatic carbocycles. The van der Waals surface area contributed by atoms with Crippen LogP contribution in [0.3, 0.4) is 0 Å². The fourth-order valence-corrected chi connectivity index (χ4v) is 2.48. The van der Waals surface area contributed by atoms with E-state index < -0.39 is 0 Å². The molecule has 1 saturated heterocycles. The lowest BCUT2D eigenvalue weighted by Gasteiger charge is -2.15. The number of anilines is 1. The number of halogens is 1. The van der Waals surface area contributed by atoms with Crippen LogP contribution in [-0.4, -0.2) is 11.9 Å². The minimum atomic E-state index is -0.235. The minimum absolute atomic E-state index is 0.00893. The molecule has 0 radical (unpaired) electrons. The van der Waals surface area contributed by atoms with Crippen molar-refractivity contribution in [2.75, 3.05) is 4.90 Å². The summed E-state index contributed by atoms with van der Waals surface area (Å²) >= 11 is 0. The van der Waals surface area contributed by atoms with Gasteiger partial charge in [-0.05, 0) is 36.6 Å². The minimum Gasteiger partial charge on any atom is -0.305 e. The lowest BCUT2D eigenvalue weighted by atomic mass is 10.1. The summed E-state index contributed by atoms with van der Waals surface area (Å²) in [6.07, 6.45) is 1.45. The van der Waals surface area contributed by atoms with E-state index in [0.717, 1.165) is 17.7 Å². The van der Waals surface area contributed by atoms with E-state index in [1.807, 2.05) is 0 Å². The van der Waals surface area contributed by atoms with Crippen molar-refractivity contribution in [3.8, 4) is 0 Å². The van der Waals surface area contributed by atoms with Gasteiger partial charge in [-0.25, -0.2) is 4.39 Å². The van der Waals surface area contributed by atoms with Crippen molar-refractivity contribution in [1.82, 2.24) is 0 Å². The summed E-state index contributed by atoms with van der Waals surface area (Å²) in [5.74, 6) is -0.244. The average molecular weight is 203 g/mol. The Labute approximate surface area is 87.0 Å². The van der Waals surface area contributed by atoms with Gasteiger partial charge in [-0.1, -0.05) is 6.58 Å². The van der Waals surface area contributed by atoms with Crippen molar-refractivity contribution in [3.63, 3.8) is 0 Å². The van der Waals surface area contributed by atoms with Crippen LogP contribution in [0.4, 0.5) is 10.1 Å². The zero-order valence-electron chi connectivity index (χ0n) is 8.16. The molecule has 2 aliphatic rings. The molecular formula is C12H10FNO. The van der Waals surface area contributed by atoms with Crippen molar-refractivity contribution >= 4 is 11.6 Å². The van der Waals surface area contributed by atoms with E-state index in [2.05, 4.69) is 6.58 Å². The van der Waals surface area contributed by atoms with E-state index >= 15 is 0 Å². The van der Waals surface area contributed by atoms with E-state index in [4.69, 9.17) is 0 Å². The summed E-state index contributed by atoms with van der Waals surface area (Å²) in [5, 5.41) is 0. The third-order valence-corrected chi connectivity index (χ3v) is 3.13. The molecule has 0 spiro atoms. The largest absolute Gasteiger partial charge is 0.305 e. The fraction of sp³-hybridized carbons (Fsp3) is 0.250. The number of amides is 1. The molecule has 15 heavy (non-hydrogen) atoms. The number of hydrogen-bond acceptors (Lipinski definition) is 1. The molecule has 1 fully saturated rings. The van der Waals surface area contributed by atoms with E-state index in [-0.39, 0.29) is 17.8 Å². The van der Waals surface area contributed by atoms with Gasteiger partial charge >= 0.3 is 0 Å². The Hall–Kier alpha value is -1.64. The van der Waals surface area contributed by atoms with Crippen molar-refractivity contribution in [3.05, 3.63) is 41.7 Å². The molecule has 3 heteroatoms. The van der Waals surface area contributed by atoms with Crippen LogP contribution in [0.2, 0.25) is 0 Å². The van der Waals surface area contributed by atoms with Gasteiger partial charge in [0, 0.05) is 17.3 Å². The Kier molecular flexibility index (Phi) is 1.55. The maximum absolute atomic E-state index is 13.0. The quantitative estimate of drug-likeness (QED) is 0.591. The van der Waals surface area contributed by atoms with Crippen LogP contribution in [-0.2, 0) is 11.2 Å². The van der Waals surface area contributed by atoms with Gasteiger partial charge in [0.1, 0.15) is 5.82 Å². The molecule has 0 saturated carbocycles. The maximum Gasteiger partial charge on any atom is 0.253 e. The summed E-state index contributed by atoms with van der Waals surface area (Å²) in [4.78, 5) is 13.5. The number of fused-ring (bicyclic) bond motifs is 3. The Morgan fingerprint density at radius 2 is 2.20 bits per heavy atom. The van der Waals surface area contributed by atoms with Crippen molar-refractivity contribution in [2.45, 2.75) is 18.9 Å². The van der Waals surface area contributed by atoms with Crippen LogP contribution in [0.25, 0.3) is 0 Å². The Morgan fingerprint density at radius 1 is 1.40 bits per heavy atom. The third kappa shape index (κ3) is 1.06. The lowest BCUT2D eigenvalue weighted by molar-refractivity contribution is -0.114. The predicted octanol–water partition coefficient (Wildman–Crippen LogP) is 2.04. The standard InChI is InChI=1S/C12H10FNO/c1-7-4-10-6-8-5-9(13)2-3-11(8)14(10)12(7)15/h2-3,5,10H,1,4,6H2. The second-order valence-electron chi connectivity index (χ2n) is 4.11. The van der Waals surface area contributed by atoms with Crippen LogP contribution in [0.15, 0.2) is 30.4 Å². The summed E-state index contributed by atoms with van der Waals surface area (Å²) in [6, 6.07) is 4.77. The molecule has 76 valence electrons. The second-order valence-corrected chi connectivity index (χ2v) is 4.11. The number of carbonyl (C=O) groups excluding carboxylic acids is 1. The number of nitrogens with zero attached hydrogens (tertiary/aromatic N) is 1. The first-order valence-electron chi connectivity index (χ1n) is 4.96. The average Bonchev–Trinajstić information content (AvgIpc) is 2.64. The highest BCUT2D eigenvalue weighted by Crippen LogP contribution is 2.39. The van der Waals surface area contributed by atoms with Crippen molar-refractivity contribution < 1.29 is 9.18 Å². The molecule has 2 nitrogen and oxygen atoms in total. The molecule has 1 atom stereocenters. The summed E-state index contributed by atoms with van der Waals surface area (Å²) in [7, 11) is 0. The summed E-state index contributed by atoms with van der Waals surface area (Å²) in [5.41, 5.74) is 2.45. The van der Waals surface area contributed by atoms with E-state index in [1.165, 1.54) is 12.1 Å². The molecule has 2 aliphatic heterocycles. The number of hydrogen-bond donors (Lipinski definition) is 0. The third-order valence-electron chi connectivity index (χ3n) is 3.13. The van der Waals surface area contributed by atoms with Crippen LogP contribution < -0.4 is 4.90 Å². The Balaban J connectivity index is 2.11. The molecular weight excluding hydrogens is 193 g/mol. The molecule has 0 N–H and O–H groups in total. The van der Waals surface area contributed by atoms with Gasteiger partial charge < -0.3 is 4.90 Å². The van der Waals surface area contributed by atoms with Crippen LogP contribution in [0.5, 0.6) is 0 Å². The zero-order valence-corrected chi connectivity index (χ0v) is 8.16. The highest BCUT2D eigenvalue weighted by atomic mass is 19.1. The van der Waals surface area contributed by atoms with Crippen molar-refractivity contribution in [2.24, 2.45) is 0 Å². The summed E-state index contributed by atoms with van der Waals surface area (Å²) < 4.78 is 13.0. The van der Waals surface area contributed by atoms with Gasteiger partial charge in [-0.2, -0.15) is 0 Å². The number of carbonyl (C=O) groups is 1. The second kappa shape index (κ2) is 2.69. The van der Waals surface area contributed by atoms with E-state index in [9.17, 15) is 9.18 Å². The predicted molar refractivity (Wildman–Crippen MR) is 55.1 cm³/mol. The molecule has 2 heterocycles. The van der Waals surface area contributed by atoms with Crippen molar-refractivity contribution in [1.29, 1.82) is 0 Å². The SMILES string of the molecule is C=C1CC2Cc3cc(F)ccc3N2C1=O. The zero-order chi connectivity index (χ0) is 10.6. The molecule has 1 aromatic carbocycles. The Morgan fingerprint density at radius 3 is 3.00 bits per heavy atom. The Bertz CT molecular complexity index is 481. The first-order chi connectivity index (χ1) is 7.16. The fourth-order valence-electron chi connectivity index (χ4n) is 2.48. The molecule has 3 rings (SSSR count). The van der Waals surface area contributed by atoms with Crippen LogP contribution in [0, 0.1) is 5.82 Å². The van der Waals surface area contributed by atoms with Crippen LogP contribution >= 0.6 is 0 Å². The summed E-state index contributed by atoms with van der Waals surface area (Å²) in [6.45, 7) is 3.74. The molecule has 1 unspecified atom stereocenters. The van der Waals surface area contributed by atoms with E-state index in [0.29, 0.717) is 12.0 Å². The lowest BCUT2D eigenvalue weighted by Crippen LogP contribution is -2.28. The van der Waals surface area contributed by atoms with Crippen LogP contribution in [0.1, 0.15) is 12.0 Å².